The summed E-state index contributed by atoms with van der Waals surface area (Å²) in [4.78, 5) is 60.1. The zero-order chi connectivity index (χ0) is 22.0. The number of thioether (sulfide) groups is 1. The van der Waals surface area contributed by atoms with Gasteiger partial charge in [-0.1, -0.05) is 25.6 Å². The molecule has 0 unspecified atom stereocenters. The number of cyclic esters (lactones) is 1. The Bertz CT molecular complexity index is 637. The lowest BCUT2D eigenvalue weighted by atomic mass is 9.86. The molecule has 0 radical (unpaired) electrons. The smallest absolute Gasteiger partial charge is 0.323 e. The predicted octanol–water partition coefficient (Wildman–Crippen LogP) is -0.509. The minimum absolute atomic E-state index is 0.00145. The predicted molar refractivity (Wildman–Crippen MR) is 106 cm³/mol. The van der Waals surface area contributed by atoms with Crippen LogP contribution in [0.15, 0.2) is 0 Å². The van der Waals surface area contributed by atoms with Gasteiger partial charge in [-0.25, -0.2) is 0 Å². The highest BCUT2D eigenvalue weighted by molar-refractivity contribution is 8.13. The minimum atomic E-state index is -1.29. The number of nitrogens with two attached hydrogens (primary N) is 1. The standard InChI is InChI=1S/C18H29N3O7S/c1-11(19)17(26)28-15-16(25)21-7-6-12(22)20-8-9-29-14(24)5-4-13(23)27-10-18(15,2)3/h11,15H,4-10,19H2,1-3H3,(H,20,22)(H,21,25)/t11-,15-/m0/s1. The number of nitrogens with one attached hydrogen (secondary N) is 2. The van der Waals surface area contributed by atoms with E-state index < -0.39 is 35.4 Å². The number of hydrogen-bond donors (Lipinski definition) is 3. The van der Waals surface area contributed by atoms with Crippen molar-refractivity contribution in [3.8, 4) is 0 Å². The quantitative estimate of drug-likeness (QED) is 0.490. The Hall–Kier alpha value is -2.14. The van der Waals surface area contributed by atoms with E-state index in [1.54, 1.807) is 13.8 Å². The fraction of sp³-hybridized carbons (Fsp3) is 0.722. The van der Waals surface area contributed by atoms with Crippen LogP contribution in [0, 0.1) is 5.41 Å². The van der Waals surface area contributed by atoms with Gasteiger partial charge in [0.05, 0.1) is 6.42 Å². The summed E-state index contributed by atoms with van der Waals surface area (Å²) in [6, 6.07) is -0.945. The van der Waals surface area contributed by atoms with Crippen molar-refractivity contribution in [2.75, 3.05) is 25.4 Å². The Kier molecular flexibility index (Phi) is 10.1. The third kappa shape index (κ3) is 9.27. The molecule has 1 aliphatic heterocycles. The molecule has 0 bridgehead atoms. The minimum Gasteiger partial charge on any atom is -0.465 e. The van der Waals surface area contributed by atoms with Gasteiger partial charge in [0.1, 0.15) is 12.6 Å². The molecule has 0 saturated carbocycles. The normalized spacial score (nSPS) is 23.8. The van der Waals surface area contributed by atoms with Crippen molar-refractivity contribution >= 4 is 40.6 Å². The summed E-state index contributed by atoms with van der Waals surface area (Å²) in [5.74, 6) is -1.90. The van der Waals surface area contributed by atoms with Gasteiger partial charge in [-0.2, -0.15) is 0 Å². The van der Waals surface area contributed by atoms with E-state index >= 15 is 0 Å². The second-order valence-corrected chi connectivity index (χ2v) is 8.52. The van der Waals surface area contributed by atoms with Gasteiger partial charge in [0.2, 0.25) is 5.91 Å². The van der Waals surface area contributed by atoms with Crippen LogP contribution in [-0.4, -0.2) is 66.5 Å². The third-order valence-electron chi connectivity index (χ3n) is 4.03. The van der Waals surface area contributed by atoms with Crippen LogP contribution >= 0.6 is 11.8 Å². The molecule has 2 atom stereocenters. The topological polar surface area (TPSA) is 154 Å². The third-order valence-corrected chi connectivity index (χ3v) is 4.97. The lowest BCUT2D eigenvalue weighted by Crippen LogP contribution is -2.50. The summed E-state index contributed by atoms with van der Waals surface area (Å²) in [5.41, 5.74) is 4.45. The average molecular weight is 432 g/mol. The molecule has 0 aromatic carbocycles. The second-order valence-electron chi connectivity index (χ2n) is 7.37. The van der Waals surface area contributed by atoms with E-state index in [0.717, 1.165) is 11.8 Å². The summed E-state index contributed by atoms with van der Waals surface area (Å²) in [6.07, 6.45) is -1.37. The maximum atomic E-state index is 12.6. The summed E-state index contributed by atoms with van der Waals surface area (Å²) in [6.45, 7) is 4.72. The lowest BCUT2D eigenvalue weighted by molar-refractivity contribution is -0.169. The zero-order valence-corrected chi connectivity index (χ0v) is 17.8. The first-order valence-corrected chi connectivity index (χ1v) is 10.3. The van der Waals surface area contributed by atoms with E-state index in [4.69, 9.17) is 15.2 Å². The molecular formula is C18H29N3O7S. The van der Waals surface area contributed by atoms with Gasteiger partial charge in [-0.05, 0) is 6.92 Å². The molecule has 10 nitrogen and oxygen atoms in total. The summed E-state index contributed by atoms with van der Waals surface area (Å²) >= 11 is 1.03. The fourth-order valence-electron chi connectivity index (χ4n) is 2.32. The van der Waals surface area contributed by atoms with Gasteiger partial charge < -0.3 is 25.8 Å². The van der Waals surface area contributed by atoms with Gasteiger partial charge >= 0.3 is 11.9 Å². The molecular weight excluding hydrogens is 402 g/mol. The Morgan fingerprint density at radius 3 is 2.52 bits per heavy atom. The molecule has 0 aliphatic carbocycles. The number of amides is 2. The number of carbonyl (C=O) groups excluding carboxylic acids is 5. The molecule has 164 valence electrons. The van der Waals surface area contributed by atoms with Crippen LogP contribution in [0.2, 0.25) is 0 Å². The number of rotatable bonds is 2. The van der Waals surface area contributed by atoms with Crippen molar-refractivity contribution in [1.82, 2.24) is 10.6 Å². The van der Waals surface area contributed by atoms with Crippen molar-refractivity contribution in [3.63, 3.8) is 0 Å². The van der Waals surface area contributed by atoms with E-state index in [1.807, 2.05) is 0 Å². The largest absolute Gasteiger partial charge is 0.465 e. The van der Waals surface area contributed by atoms with E-state index in [2.05, 4.69) is 10.6 Å². The molecule has 1 saturated heterocycles. The Labute approximate surface area is 174 Å². The van der Waals surface area contributed by atoms with Crippen LogP contribution < -0.4 is 16.4 Å². The van der Waals surface area contributed by atoms with Gasteiger partial charge in [0.15, 0.2) is 11.2 Å². The Morgan fingerprint density at radius 1 is 1.17 bits per heavy atom. The average Bonchev–Trinajstić information content (AvgIpc) is 2.65. The highest BCUT2D eigenvalue weighted by atomic mass is 32.2. The fourth-order valence-corrected chi connectivity index (χ4v) is 3.00. The van der Waals surface area contributed by atoms with Gasteiger partial charge in [-0.3, -0.25) is 24.0 Å². The molecule has 2 amide bonds. The Morgan fingerprint density at radius 2 is 1.86 bits per heavy atom. The number of carbonyl (C=O) groups is 5. The molecule has 1 fully saturated rings. The number of ether oxygens (including phenoxy) is 2. The summed E-state index contributed by atoms with van der Waals surface area (Å²) in [5, 5.41) is 5.02. The molecule has 0 aromatic rings. The van der Waals surface area contributed by atoms with Crippen molar-refractivity contribution in [1.29, 1.82) is 0 Å². The lowest BCUT2D eigenvalue weighted by Gasteiger charge is -2.32. The van der Waals surface area contributed by atoms with Crippen LogP contribution in [0.4, 0.5) is 0 Å². The van der Waals surface area contributed by atoms with E-state index in [9.17, 15) is 24.0 Å². The Balaban J connectivity index is 2.94. The van der Waals surface area contributed by atoms with Crippen molar-refractivity contribution in [2.45, 2.75) is 52.2 Å². The molecule has 11 heteroatoms. The van der Waals surface area contributed by atoms with Crippen LogP contribution in [-0.2, 0) is 33.4 Å². The van der Waals surface area contributed by atoms with Crippen LogP contribution in [0.3, 0.4) is 0 Å². The van der Waals surface area contributed by atoms with Gasteiger partial charge in [0, 0.05) is 37.1 Å². The molecule has 1 aliphatic rings. The van der Waals surface area contributed by atoms with Crippen LogP contribution in [0.1, 0.15) is 40.0 Å². The first-order valence-electron chi connectivity index (χ1n) is 9.34. The van der Waals surface area contributed by atoms with Crippen molar-refractivity contribution in [3.05, 3.63) is 0 Å². The first kappa shape index (κ1) is 24.9. The van der Waals surface area contributed by atoms with Crippen LogP contribution in [0.5, 0.6) is 0 Å². The molecule has 4 N–H and O–H groups in total. The number of esters is 2. The van der Waals surface area contributed by atoms with E-state index in [-0.39, 0.29) is 50.0 Å². The SMILES string of the molecule is C[C@H](N)C(=O)O[C@H]1C(=O)NCCC(=O)NCCSC(=O)CCC(=O)OCC1(C)C. The highest BCUT2D eigenvalue weighted by Crippen LogP contribution is 2.25. The monoisotopic (exact) mass is 431 g/mol. The molecule has 0 spiro atoms. The molecule has 1 rings (SSSR count). The maximum Gasteiger partial charge on any atom is 0.323 e. The molecule has 1 heterocycles. The van der Waals surface area contributed by atoms with Crippen LogP contribution in [0.25, 0.3) is 0 Å². The van der Waals surface area contributed by atoms with E-state index in [1.165, 1.54) is 6.92 Å². The molecule has 0 aromatic heterocycles. The first-order chi connectivity index (χ1) is 13.5. The zero-order valence-electron chi connectivity index (χ0n) is 16.9. The van der Waals surface area contributed by atoms with Crippen molar-refractivity contribution < 1.29 is 33.4 Å². The van der Waals surface area contributed by atoms with E-state index in [0.29, 0.717) is 5.75 Å². The van der Waals surface area contributed by atoms with Gasteiger partial charge in [-0.15, -0.1) is 0 Å². The summed E-state index contributed by atoms with van der Waals surface area (Å²) < 4.78 is 10.5. The summed E-state index contributed by atoms with van der Waals surface area (Å²) in [7, 11) is 0. The van der Waals surface area contributed by atoms with Crippen molar-refractivity contribution in [2.24, 2.45) is 11.1 Å². The van der Waals surface area contributed by atoms with Gasteiger partial charge in [0.25, 0.3) is 5.91 Å². The second kappa shape index (κ2) is 11.8. The number of hydrogen-bond acceptors (Lipinski definition) is 9. The maximum absolute atomic E-state index is 12.6. The highest BCUT2D eigenvalue weighted by Gasteiger charge is 2.40. The molecule has 29 heavy (non-hydrogen) atoms.